The van der Waals surface area contributed by atoms with E-state index in [0.717, 1.165) is 5.52 Å². The van der Waals surface area contributed by atoms with Crippen LogP contribution in [0.15, 0.2) is 65.6 Å². The number of hydrogen-bond acceptors (Lipinski definition) is 3. The molecule has 4 nitrogen and oxygen atoms in total. The minimum Gasteiger partial charge on any atom is -0.311 e. The van der Waals surface area contributed by atoms with Crippen LogP contribution in [-0.4, -0.2) is 16.8 Å². The highest BCUT2D eigenvalue weighted by atomic mass is 16.1. The largest absolute Gasteiger partial charge is 0.311 e. The van der Waals surface area contributed by atoms with Crippen LogP contribution in [0.3, 0.4) is 0 Å². The van der Waals surface area contributed by atoms with Crippen molar-refractivity contribution in [3.63, 3.8) is 0 Å². The molecule has 1 aromatic heterocycles. The normalized spacial score (nSPS) is 12.4. The molecule has 0 fully saturated rings. The van der Waals surface area contributed by atoms with Gasteiger partial charge in [-0.3, -0.25) is 9.48 Å². The number of fused-ring (bicyclic) bond motifs is 1. The van der Waals surface area contributed by atoms with Crippen LogP contribution in [0.4, 0.5) is 0 Å². The van der Waals surface area contributed by atoms with Gasteiger partial charge < -0.3 is 5.32 Å². The first kappa shape index (κ1) is 13.5. The van der Waals surface area contributed by atoms with Crippen LogP contribution in [0.2, 0.25) is 0 Å². The molecule has 1 unspecified atom stereocenters. The molecule has 0 bridgehead atoms. The zero-order valence-electron chi connectivity index (χ0n) is 11.9. The van der Waals surface area contributed by atoms with Crippen molar-refractivity contribution >= 4 is 10.9 Å². The van der Waals surface area contributed by atoms with Crippen LogP contribution in [-0.2, 0) is 6.54 Å². The lowest BCUT2D eigenvalue weighted by molar-refractivity contribution is 0.474. The molecule has 0 amide bonds. The number of hydrogen-bond donors (Lipinski definition) is 1. The van der Waals surface area contributed by atoms with E-state index in [9.17, 15) is 4.79 Å². The first-order valence-corrected chi connectivity index (χ1v) is 6.96. The lowest BCUT2D eigenvalue weighted by Crippen LogP contribution is -2.24. The summed E-state index contributed by atoms with van der Waals surface area (Å²) in [5, 5.41) is 8.30. The van der Waals surface area contributed by atoms with Gasteiger partial charge >= 0.3 is 0 Å². The number of benzene rings is 2. The maximum atomic E-state index is 11.9. The Balaban J connectivity index is 2.01. The van der Waals surface area contributed by atoms with Gasteiger partial charge in [0.1, 0.15) is 0 Å². The van der Waals surface area contributed by atoms with Crippen LogP contribution in [0.25, 0.3) is 10.9 Å². The topological polar surface area (TPSA) is 46.9 Å². The van der Waals surface area contributed by atoms with Gasteiger partial charge in [-0.1, -0.05) is 42.5 Å². The molecule has 3 rings (SSSR count). The summed E-state index contributed by atoms with van der Waals surface area (Å²) < 4.78 is 1.88. The van der Waals surface area contributed by atoms with Gasteiger partial charge in [0.05, 0.1) is 24.3 Å². The van der Waals surface area contributed by atoms with Gasteiger partial charge in [0.2, 0.25) is 5.43 Å². The van der Waals surface area contributed by atoms with Gasteiger partial charge in [0.15, 0.2) is 0 Å². The summed E-state index contributed by atoms with van der Waals surface area (Å²) >= 11 is 0. The number of nitrogens with one attached hydrogen (secondary N) is 1. The molecule has 0 radical (unpaired) electrons. The lowest BCUT2D eigenvalue weighted by atomic mass is 10.1. The Kier molecular flexibility index (Phi) is 3.79. The Hall–Kier alpha value is -2.46. The third kappa shape index (κ3) is 2.71. The van der Waals surface area contributed by atoms with E-state index in [4.69, 9.17) is 0 Å². The summed E-state index contributed by atoms with van der Waals surface area (Å²) in [6.45, 7) is 0.668. The number of para-hydroxylation sites is 1. The molecule has 0 aliphatic rings. The average Bonchev–Trinajstić information content (AvgIpc) is 2.55. The maximum Gasteiger partial charge on any atom is 0.207 e. The van der Waals surface area contributed by atoms with E-state index in [2.05, 4.69) is 22.5 Å². The molecular weight excluding hydrogens is 262 g/mol. The van der Waals surface area contributed by atoms with Crippen LogP contribution >= 0.6 is 0 Å². The molecule has 1 N–H and O–H groups in total. The molecule has 21 heavy (non-hydrogen) atoms. The predicted octanol–water partition coefficient (Wildman–Crippen LogP) is 2.36. The van der Waals surface area contributed by atoms with Crippen molar-refractivity contribution in [2.75, 3.05) is 7.05 Å². The summed E-state index contributed by atoms with van der Waals surface area (Å²) in [7, 11) is 1.93. The number of nitrogens with zero attached hydrogens (tertiary/aromatic N) is 2. The highest BCUT2D eigenvalue weighted by Gasteiger charge is 2.11. The van der Waals surface area contributed by atoms with Gasteiger partial charge in [-0.15, -0.1) is 0 Å². The second-order valence-corrected chi connectivity index (χ2v) is 4.96. The second-order valence-electron chi connectivity index (χ2n) is 4.96. The first-order chi connectivity index (χ1) is 10.3. The smallest absolute Gasteiger partial charge is 0.207 e. The molecule has 2 aromatic carbocycles. The molecule has 0 spiro atoms. The van der Waals surface area contributed by atoms with Crippen LogP contribution in [0.1, 0.15) is 11.6 Å². The fourth-order valence-corrected chi connectivity index (χ4v) is 2.53. The minimum absolute atomic E-state index is 0.0393. The summed E-state index contributed by atoms with van der Waals surface area (Å²) in [5.41, 5.74) is 2.02. The van der Waals surface area contributed by atoms with Gasteiger partial charge in [-0.2, -0.15) is 5.10 Å². The van der Waals surface area contributed by atoms with Crippen LogP contribution in [0, 0.1) is 0 Å². The fraction of sp³-hybridized carbons (Fsp3) is 0.176. The second kappa shape index (κ2) is 5.89. The zero-order chi connectivity index (χ0) is 14.7. The monoisotopic (exact) mass is 279 g/mol. The molecule has 0 saturated carbocycles. The summed E-state index contributed by atoms with van der Waals surface area (Å²) in [6.07, 6.45) is 1.39. The van der Waals surface area contributed by atoms with Crippen molar-refractivity contribution in [1.82, 2.24) is 15.1 Å². The molecule has 4 heteroatoms. The fourth-order valence-electron chi connectivity index (χ4n) is 2.53. The number of likely N-dealkylation sites (N-methyl/N-ethyl adjacent to an activating group) is 1. The highest BCUT2D eigenvalue weighted by Crippen LogP contribution is 2.16. The Morgan fingerprint density at radius 2 is 1.81 bits per heavy atom. The molecule has 1 atom stereocenters. The van der Waals surface area contributed by atoms with Crippen molar-refractivity contribution in [2.24, 2.45) is 0 Å². The van der Waals surface area contributed by atoms with Gasteiger partial charge in [0, 0.05) is 5.39 Å². The minimum atomic E-state index is -0.0393. The van der Waals surface area contributed by atoms with E-state index in [1.54, 1.807) is 0 Å². The predicted molar refractivity (Wildman–Crippen MR) is 84.2 cm³/mol. The SMILES string of the molecule is CNC(Cn1ncc(=O)c2ccccc21)c1ccccc1. The lowest BCUT2D eigenvalue weighted by Gasteiger charge is -2.19. The Morgan fingerprint density at radius 3 is 2.57 bits per heavy atom. The number of aromatic nitrogens is 2. The summed E-state index contributed by atoms with van der Waals surface area (Å²) in [4.78, 5) is 11.9. The van der Waals surface area contributed by atoms with Gasteiger partial charge in [-0.25, -0.2) is 0 Å². The van der Waals surface area contributed by atoms with E-state index >= 15 is 0 Å². The first-order valence-electron chi connectivity index (χ1n) is 6.96. The quantitative estimate of drug-likeness (QED) is 0.797. The van der Waals surface area contributed by atoms with Crippen molar-refractivity contribution in [3.05, 3.63) is 76.6 Å². The third-order valence-corrected chi connectivity index (χ3v) is 3.67. The van der Waals surface area contributed by atoms with E-state index in [-0.39, 0.29) is 11.5 Å². The van der Waals surface area contributed by atoms with Crippen LogP contribution in [0.5, 0.6) is 0 Å². The molecule has 106 valence electrons. The average molecular weight is 279 g/mol. The van der Waals surface area contributed by atoms with Crippen molar-refractivity contribution < 1.29 is 0 Å². The number of rotatable bonds is 4. The maximum absolute atomic E-state index is 11.9. The Labute approximate surface area is 123 Å². The van der Waals surface area contributed by atoms with Crippen molar-refractivity contribution in [3.8, 4) is 0 Å². The summed E-state index contributed by atoms with van der Waals surface area (Å²) in [5.74, 6) is 0. The standard InChI is InChI=1S/C17H17N3O/c1-18-15(13-7-3-2-4-8-13)12-20-16-10-6-5-9-14(16)17(21)11-19-20/h2-11,15,18H,12H2,1H3. The highest BCUT2D eigenvalue weighted by molar-refractivity contribution is 5.77. The molecule has 1 heterocycles. The Bertz CT molecular complexity index is 796. The zero-order valence-corrected chi connectivity index (χ0v) is 11.9. The third-order valence-electron chi connectivity index (χ3n) is 3.67. The molecule has 0 aliphatic heterocycles. The van der Waals surface area contributed by atoms with Crippen molar-refractivity contribution in [1.29, 1.82) is 0 Å². The van der Waals surface area contributed by atoms with E-state index in [0.29, 0.717) is 11.9 Å². The van der Waals surface area contributed by atoms with Gasteiger partial charge in [0.25, 0.3) is 0 Å². The van der Waals surface area contributed by atoms with Crippen molar-refractivity contribution in [2.45, 2.75) is 12.6 Å². The molecule has 3 aromatic rings. The Morgan fingerprint density at radius 1 is 1.10 bits per heavy atom. The van der Waals surface area contributed by atoms with E-state index < -0.39 is 0 Å². The van der Waals surface area contributed by atoms with E-state index in [1.807, 2.05) is 54.2 Å². The van der Waals surface area contributed by atoms with Crippen LogP contribution < -0.4 is 10.7 Å². The summed E-state index contributed by atoms with van der Waals surface area (Å²) in [6, 6.07) is 17.9. The van der Waals surface area contributed by atoms with Gasteiger partial charge in [-0.05, 0) is 24.7 Å². The molecule has 0 saturated heterocycles. The van der Waals surface area contributed by atoms with E-state index in [1.165, 1.54) is 11.8 Å². The molecular formula is C17H17N3O. The molecule has 0 aliphatic carbocycles.